The molecule has 138 valence electrons. The van der Waals surface area contributed by atoms with E-state index >= 15 is 0 Å². The summed E-state index contributed by atoms with van der Waals surface area (Å²) >= 11 is 0. The molecule has 7 heteroatoms. The molecule has 6 nitrogen and oxygen atoms in total. The van der Waals surface area contributed by atoms with Crippen molar-refractivity contribution in [2.45, 2.75) is 33.1 Å². The van der Waals surface area contributed by atoms with E-state index in [1.54, 1.807) is 24.7 Å². The molecule has 0 saturated carbocycles. The van der Waals surface area contributed by atoms with Crippen molar-refractivity contribution in [3.63, 3.8) is 0 Å². The summed E-state index contributed by atoms with van der Waals surface area (Å²) in [4.78, 5) is 25.3. The predicted molar refractivity (Wildman–Crippen MR) is 94.0 cm³/mol. The summed E-state index contributed by atoms with van der Waals surface area (Å²) in [6, 6.07) is 4.84. The van der Waals surface area contributed by atoms with Crippen LogP contribution in [0.25, 0.3) is 5.69 Å². The molecule has 1 aliphatic carbocycles. The van der Waals surface area contributed by atoms with E-state index in [1.165, 1.54) is 11.0 Å². The molecule has 0 bridgehead atoms. The SMILES string of the molecule is Cc1cccc(F)c1-n1nc(C(=O)N(C)CC(C)C(=O)O)c2c1CCC2. The molecule has 0 saturated heterocycles. The van der Waals surface area contributed by atoms with Gasteiger partial charge in [0.2, 0.25) is 0 Å². The Labute approximate surface area is 151 Å². The van der Waals surface area contributed by atoms with Gasteiger partial charge in [-0.3, -0.25) is 9.59 Å². The monoisotopic (exact) mass is 359 g/mol. The van der Waals surface area contributed by atoms with Crippen LogP contribution in [0.3, 0.4) is 0 Å². The van der Waals surface area contributed by atoms with Crippen LogP contribution in [0.4, 0.5) is 4.39 Å². The van der Waals surface area contributed by atoms with Gasteiger partial charge in [-0.1, -0.05) is 19.1 Å². The highest BCUT2D eigenvalue weighted by Crippen LogP contribution is 2.30. The zero-order valence-corrected chi connectivity index (χ0v) is 15.1. The van der Waals surface area contributed by atoms with Gasteiger partial charge in [0.15, 0.2) is 5.69 Å². The summed E-state index contributed by atoms with van der Waals surface area (Å²) in [6.45, 7) is 3.45. The Hall–Kier alpha value is -2.70. The zero-order chi connectivity index (χ0) is 19.0. The number of hydrogen-bond donors (Lipinski definition) is 1. The molecule has 1 atom stereocenters. The number of amides is 1. The van der Waals surface area contributed by atoms with Gasteiger partial charge in [-0.15, -0.1) is 0 Å². The summed E-state index contributed by atoms with van der Waals surface area (Å²) in [7, 11) is 1.57. The van der Waals surface area contributed by atoms with Gasteiger partial charge in [-0.2, -0.15) is 5.10 Å². The summed E-state index contributed by atoms with van der Waals surface area (Å²) in [5.74, 6) is -2.34. The first-order valence-corrected chi connectivity index (χ1v) is 8.65. The quantitative estimate of drug-likeness (QED) is 0.890. The maximum atomic E-state index is 14.4. The fourth-order valence-electron chi connectivity index (χ4n) is 3.44. The largest absolute Gasteiger partial charge is 0.481 e. The van der Waals surface area contributed by atoms with Gasteiger partial charge in [-0.05, 0) is 37.8 Å². The third-order valence-electron chi connectivity index (χ3n) is 4.85. The lowest BCUT2D eigenvalue weighted by Crippen LogP contribution is -2.34. The molecule has 0 aliphatic heterocycles. The molecule has 1 aromatic heterocycles. The van der Waals surface area contributed by atoms with Gasteiger partial charge >= 0.3 is 5.97 Å². The van der Waals surface area contributed by atoms with Crippen molar-refractivity contribution < 1.29 is 19.1 Å². The van der Waals surface area contributed by atoms with Crippen LogP contribution in [-0.2, 0) is 17.6 Å². The topological polar surface area (TPSA) is 75.4 Å². The average molecular weight is 359 g/mol. The van der Waals surface area contributed by atoms with Crippen molar-refractivity contribution in [1.82, 2.24) is 14.7 Å². The highest BCUT2D eigenvalue weighted by molar-refractivity contribution is 5.94. The molecule has 1 aliphatic rings. The molecule has 1 heterocycles. The number of carboxylic acids is 1. The van der Waals surface area contributed by atoms with Crippen molar-refractivity contribution in [3.8, 4) is 5.69 Å². The highest BCUT2D eigenvalue weighted by atomic mass is 19.1. The van der Waals surface area contributed by atoms with Gasteiger partial charge in [0.25, 0.3) is 5.91 Å². The van der Waals surface area contributed by atoms with Gasteiger partial charge in [0.05, 0.1) is 5.92 Å². The summed E-state index contributed by atoms with van der Waals surface area (Å²) in [5, 5.41) is 13.5. The number of nitrogens with zero attached hydrogens (tertiary/aromatic N) is 3. The standard InChI is InChI=1S/C19H22FN3O3/c1-11-6-4-8-14(20)17(11)23-15-9-5-7-13(15)16(21-23)18(24)22(3)10-12(2)19(25)26/h4,6,8,12H,5,7,9-10H2,1-3H3,(H,25,26). The fourth-order valence-corrected chi connectivity index (χ4v) is 3.44. The summed E-state index contributed by atoms with van der Waals surface area (Å²) in [6.07, 6.45) is 2.33. The molecule has 0 radical (unpaired) electrons. The van der Waals surface area contributed by atoms with Crippen molar-refractivity contribution in [2.75, 3.05) is 13.6 Å². The van der Waals surface area contributed by atoms with E-state index in [1.807, 2.05) is 13.0 Å². The second-order valence-corrected chi connectivity index (χ2v) is 6.87. The van der Waals surface area contributed by atoms with Crippen LogP contribution in [-0.4, -0.2) is 45.3 Å². The van der Waals surface area contributed by atoms with E-state index in [-0.39, 0.29) is 18.3 Å². The second kappa shape index (κ2) is 6.90. The number of rotatable bonds is 5. The lowest BCUT2D eigenvalue weighted by Gasteiger charge is -2.18. The molecular weight excluding hydrogens is 337 g/mol. The molecule has 0 fully saturated rings. The minimum absolute atomic E-state index is 0.0918. The molecule has 2 aromatic rings. The van der Waals surface area contributed by atoms with Crippen LogP contribution in [0.1, 0.15) is 40.7 Å². The Kier molecular flexibility index (Phi) is 4.80. The number of carbonyl (C=O) groups excluding carboxylic acids is 1. The Bertz CT molecular complexity index is 855. The van der Waals surface area contributed by atoms with E-state index in [4.69, 9.17) is 5.11 Å². The van der Waals surface area contributed by atoms with Crippen molar-refractivity contribution in [1.29, 1.82) is 0 Å². The van der Waals surface area contributed by atoms with Gasteiger partial charge < -0.3 is 10.0 Å². The third-order valence-corrected chi connectivity index (χ3v) is 4.85. The first kappa shape index (κ1) is 18.1. The maximum absolute atomic E-state index is 14.4. The number of para-hydroxylation sites is 1. The molecular formula is C19H22FN3O3. The Morgan fingerprint density at radius 2 is 2.12 bits per heavy atom. The molecule has 0 spiro atoms. The number of fused-ring (bicyclic) bond motifs is 1. The number of benzene rings is 1. The summed E-state index contributed by atoms with van der Waals surface area (Å²) < 4.78 is 16.0. The van der Waals surface area contributed by atoms with Gasteiger partial charge in [0, 0.05) is 24.8 Å². The van der Waals surface area contributed by atoms with Crippen LogP contribution in [0.5, 0.6) is 0 Å². The van der Waals surface area contributed by atoms with Gasteiger partial charge in [-0.25, -0.2) is 9.07 Å². The third kappa shape index (κ3) is 3.09. The number of aromatic nitrogens is 2. The van der Waals surface area contributed by atoms with Crippen molar-refractivity contribution in [3.05, 3.63) is 46.5 Å². The van der Waals surface area contributed by atoms with E-state index in [0.717, 1.165) is 29.7 Å². The maximum Gasteiger partial charge on any atom is 0.308 e. The van der Waals surface area contributed by atoms with E-state index in [0.29, 0.717) is 17.8 Å². The van der Waals surface area contributed by atoms with Crippen LogP contribution in [0, 0.1) is 18.7 Å². The highest BCUT2D eigenvalue weighted by Gasteiger charge is 2.30. The first-order valence-electron chi connectivity index (χ1n) is 8.65. The molecule has 1 aromatic carbocycles. The number of aliphatic carboxylic acids is 1. The summed E-state index contributed by atoms with van der Waals surface area (Å²) in [5.41, 5.74) is 3.11. The Morgan fingerprint density at radius 3 is 2.77 bits per heavy atom. The molecule has 3 rings (SSSR count). The van der Waals surface area contributed by atoms with Crippen molar-refractivity contribution in [2.24, 2.45) is 5.92 Å². The zero-order valence-electron chi connectivity index (χ0n) is 15.1. The van der Waals surface area contributed by atoms with Crippen LogP contribution in [0.15, 0.2) is 18.2 Å². The first-order chi connectivity index (χ1) is 12.3. The van der Waals surface area contributed by atoms with Crippen LogP contribution >= 0.6 is 0 Å². The predicted octanol–water partition coefficient (Wildman–Crippen LogP) is 2.60. The normalized spacial score (nSPS) is 14.2. The second-order valence-electron chi connectivity index (χ2n) is 6.87. The van der Waals surface area contributed by atoms with E-state index < -0.39 is 11.9 Å². The number of carbonyl (C=O) groups is 2. The van der Waals surface area contributed by atoms with E-state index in [9.17, 15) is 14.0 Å². The average Bonchev–Trinajstić information content (AvgIpc) is 3.17. The lowest BCUT2D eigenvalue weighted by atomic mass is 10.1. The molecule has 26 heavy (non-hydrogen) atoms. The Morgan fingerprint density at radius 1 is 1.38 bits per heavy atom. The van der Waals surface area contributed by atoms with Crippen LogP contribution < -0.4 is 0 Å². The van der Waals surface area contributed by atoms with Gasteiger partial charge in [0.1, 0.15) is 11.5 Å². The molecule has 1 N–H and O–H groups in total. The minimum Gasteiger partial charge on any atom is -0.481 e. The van der Waals surface area contributed by atoms with Crippen LogP contribution in [0.2, 0.25) is 0 Å². The fraction of sp³-hybridized carbons (Fsp3) is 0.421. The number of aryl methyl sites for hydroxylation is 1. The minimum atomic E-state index is -0.956. The molecule has 1 amide bonds. The Balaban J connectivity index is 2.00. The smallest absolute Gasteiger partial charge is 0.308 e. The number of halogens is 1. The van der Waals surface area contributed by atoms with E-state index in [2.05, 4.69) is 5.10 Å². The lowest BCUT2D eigenvalue weighted by molar-refractivity contribution is -0.141. The molecule has 1 unspecified atom stereocenters. The number of carboxylic acid groups (broad SMARTS) is 1. The number of hydrogen-bond acceptors (Lipinski definition) is 3. The van der Waals surface area contributed by atoms with Crippen molar-refractivity contribution >= 4 is 11.9 Å².